The molecule has 6 heteroatoms. The molecule has 2 rings (SSSR count). The molecule has 118 valence electrons. The van der Waals surface area contributed by atoms with E-state index in [1.807, 2.05) is 18.2 Å². The lowest BCUT2D eigenvalue weighted by Gasteiger charge is -2.32. The first-order valence-corrected chi connectivity index (χ1v) is 9.07. The molecule has 1 fully saturated rings. The van der Waals surface area contributed by atoms with Gasteiger partial charge < -0.3 is 4.90 Å². The van der Waals surface area contributed by atoms with Gasteiger partial charge >= 0.3 is 0 Å². The van der Waals surface area contributed by atoms with Crippen molar-refractivity contribution in [2.24, 2.45) is 0 Å². The van der Waals surface area contributed by atoms with Crippen LogP contribution in [0.5, 0.6) is 0 Å². The number of hydrogen-bond acceptors (Lipinski definition) is 3. The Balaban J connectivity index is 2.15. The second-order valence-electron chi connectivity index (χ2n) is 5.47. The van der Waals surface area contributed by atoms with Crippen LogP contribution >= 0.6 is 0 Å². The quantitative estimate of drug-likeness (QED) is 0.864. The number of hydrogen-bond donors (Lipinski definition) is 1. The summed E-state index contributed by atoms with van der Waals surface area (Å²) in [6.07, 6.45) is 3.03. The van der Waals surface area contributed by atoms with E-state index in [0.717, 1.165) is 31.2 Å². The predicted molar refractivity (Wildman–Crippen MR) is 86.9 cm³/mol. The molecule has 1 aromatic rings. The summed E-state index contributed by atoms with van der Waals surface area (Å²) in [7, 11) is -3.29. The number of carbonyl (C=O) groups excluding carboxylic acids is 1. The topological polar surface area (TPSA) is 66.5 Å². The Kier molecular flexibility index (Phi) is 5.09. The molecule has 0 spiro atoms. The van der Waals surface area contributed by atoms with Crippen LogP contribution in [0, 0.1) is 11.8 Å². The normalized spacial score (nSPS) is 18.3. The minimum Gasteiger partial charge on any atom is -0.331 e. The van der Waals surface area contributed by atoms with E-state index in [4.69, 9.17) is 0 Å². The van der Waals surface area contributed by atoms with Crippen molar-refractivity contribution >= 4 is 21.6 Å². The molecule has 0 bridgehead atoms. The summed E-state index contributed by atoms with van der Waals surface area (Å²) >= 11 is 0. The van der Waals surface area contributed by atoms with Gasteiger partial charge in [-0.15, -0.1) is 0 Å². The van der Waals surface area contributed by atoms with E-state index in [2.05, 4.69) is 16.6 Å². The number of sulfonamides is 1. The third-order valence-electron chi connectivity index (χ3n) is 3.60. The number of likely N-dealkylation sites (tertiary alicyclic amines) is 1. The molecule has 1 N–H and O–H groups in total. The Labute approximate surface area is 131 Å². The summed E-state index contributed by atoms with van der Waals surface area (Å²) in [6, 6.07) is 7.36. The molecule has 1 saturated heterocycles. The Hall–Kier alpha value is -2.00. The summed E-state index contributed by atoms with van der Waals surface area (Å²) < 4.78 is 25.1. The van der Waals surface area contributed by atoms with Gasteiger partial charge in [0.05, 0.1) is 6.26 Å². The van der Waals surface area contributed by atoms with Crippen LogP contribution in [0.2, 0.25) is 0 Å². The molecule has 1 atom stereocenters. The summed E-state index contributed by atoms with van der Waals surface area (Å²) in [4.78, 5) is 13.7. The maximum atomic E-state index is 11.9. The molecule has 1 amide bonds. The number of amides is 1. The molecule has 1 heterocycles. The summed E-state index contributed by atoms with van der Waals surface area (Å²) in [6.45, 7) is 3.00. The fourth-order valence-corrected chi connectivity index (χ4v) is 3.24. The summed E-state index contributed by atoms with van der Waals surface area (Å²) in [5.41, 5.74) is 1.59. The molecule has 0 radical (unpaired) electrons. The summed E-state index contributed by atoms with van der Waals surface area (Å²) in [5, 5.41) is 0. The summed E-state index contributed by atoms with van der Waals surface area (Å²) in [5.74, 6) is 5.28. The van der Waals surface area contributed by atoms with Crippen molar-refractivity contribution in [3.05, 3.63) is 29.8 Å². The van der Waals surface area contributed by atoms with Crippen molar-refractivity contribution in [3.63, 3.8) is 0 Å². The maximum Gasteiger partial charge on any atom is 0.298 e. The molecule has 22 heavy (non-hydrogen) atoms. The first kappa shape index (κ1) is 16.4. The van der Waals surface area contributed by atoms with Crippen LogP contribution in [0.25, 0.3) is 0 Å². The number of rotatable bonds is 3. The molecule has 1 aromatic carbocycles. The Morgan fingerprint density at radius 2 is 2.18 bits per heavy atom. The van der Waals surface area contributed by atoms with Crippen LogP contribution in [-0.4, -0.2) is 38.6 Å². The zero-order valence-electron chi connectivity index (χ0n) is 12.8. The number of piperidine rings is 1. The second kappa shape index (κ2) is 6.84. The largest absolute Gasteiger partial charge is 0.331 e. The fourth-order valence-electron chi connectivity index (χ4n) is 2.69. The van der Waals surface area contributed by atoms with Crippen LogP contribution in [0.15, 0.2) is 24.3 Å². The van der Waals surface area contributed by atoms with Crippen LogP contribution < -0.4 is 4.72 Å². The van der Waals surface area contributed by atoms with E-state index in [1.165, 1.54) is 0 Å². The predicted octanol–water partition coefficient (Wildman–Crippen LogP) is 1.79. The molecule has 0 saturated carbocycles. The van der Waals surface area contributed by atoms with Crippen molar-refractivity contribution in [1.29, 1.82) is 0 Å². The molecular formula is C16H20N2O3S. The second-order valence-corrected chi connectivity index (χ2v) is 7.21. The standard InChI is InChI=1S/C16H20N2O3S/c1-3-6-16(19)18-10-5-8-14(12-18)13-7-4-9-15(11-13)17-22(2,20)21/h4,7,9,11,14,17H,5,8,10,12H2,1-2H3. The average Bonchev–Trinajstić information content (AvgIpc) is 2.46. The Morgan fingerprint density at radius 3 is 2.86 bits per heavy atom. The third-order valence-corrected chi connectivity index (χ3v) is 4.21. The first-order valence-electron chi connectivity index (χ1n) is 7.18. The van der Waals surface area contributed by atoms with E-state index in [1.54, 1.807) is 17.9 Å². The van der Waals surface area contributed by atoms with E-state index in [0.29, 0.717) is 12.2 Å². The van der Waals surface area contributed by atoms with Crippen LogP contribution in [0.4, 0.5) is 5.69 Å². The Morgan fingerprint density at radius 1 is 1.41 bits per heavy atom. The lowest BCUT2D eigenvalue weighted by molar-refractivity contribution is -0.126. The molecule has 0 aromatic heterocycles. The fraction of sp³-hybridized carbons (Fsp3) is 0.438. The van der Waals surface area contributed by atoms with Gasteiger partial charge in [-0.3, -0.25) is 9.52 Å². The van der Waals surface area contributed by atoms with Crippen molar-refractivity contribution in [1.82, 2.24) is 4.90 Å². The first-order chi connectivity index (χ1) is 10.4. The number of benzene rings is 1. The number of anilines is 1. The molecule has 5 nitrogen and oxygen atoms in total. The highest BCUT2D eigenvalue weighted by Gasteiger charge is 2.24. The van der Waals surface area contributed by atoms with Gasteiger partial charge in [0.1, 0.15) is 0 Å². The van der Waals surface area contributed by atoms with E-state index < -0.39 is 10.0 Å². The SMILES string of the molecule is CC#CC(=O)N1CCCC(c2cccc(NS(C)(=O)=O)c2)C1. The lowest BCUT2D eigenvalue weighted by atomic mass is 9.90. The number of nitrogens with zero attached hydrogens (tertiary/aromatic N) is 1. The van der Waals surface area contributed by atoms with Crippen molar-refractivity contribution in [3.8, 4) is 11.8 Å². The number of carbonyl (C=O) groups is 1. The van der Waals surface area contributed by atoms with E-state index >= 15 is 0 Å². The third kappa shape index (κ3) is 4.50. The van der Waals surface area contributed by atoms with Crippen LogP contribution in [-0.2, 0) is 14.8 Å². The van der Waals surface area contributed by atoms with Gasteiger partial charge in [-0.25, -0.2) is 8.42 Å². The van der Waals surface area contributed by atoms with Gasteiger partial charge in [-0.05, 0) is 43.4 Å². The zero-order valence-corrected chi connectivity index (χ0v) is 13.6. The highest BCUT2D eigenvalue weighted by molar-refractivity contribution is 7.92. The smallest absolute Gasteiger partial charge is 0.298 e. The minimum absolute atomic E-state index is 0.141. The zero-order chi connectivity index (χ0) is 16.2. The Bertz CT molecular complexity index is 716. The van der Waals surface area contributed by atoms with Crippen molar-refractivity contribution in [2.45, 2.75) is 25.7 Å². The van der Waals surface area contributed by atoms with Crippen molar-refractivity contribution < 1.29 is 13.2 Å². The molecule has 1 unspecified atom stereocenters. The molecule has 1 aliphatic heterocycles. The average molecular weight is 320 g/mol. The molecule has 0 aliphatic carbocycles. The lowest BCUT2D eigenvalue weighted by Crippen LogP contribution is -2.38. The monoisotopic (exact) mass is 320 g/mol. The van der Waals surface area contributed by atoms with E-state index in [9.17, 15) is 13.2 Å². The molecule has 1 aliphatic rings. The van der Waals surface area contributed by atoms with Gasteiger partial charge in [0.15, 0.2) is 0 Å². The minimum atomic E-state index is -3.29. The van der Waals surface area contributed by atoms with Gasteiger partial charge in [0.2, 0.25) is 10.0 Å². The molecular weight excluding hydrogens is 300 g/mol. The van der Waals surface area contributed by atoms with Crippen LogP contribution in [0.3, 0.4) is 0 Å². The maximum absolute atomic E-state index is 11.9. The van der Waals surface area contributed by atoms with Gasteiger partial charge in [0.25, 0.3) is 5.91 Å². The van der Waals surface area contributed by atoms with Crippen LogP contribution in [0.1, 0.15) is 31.2 Å². The highest BCUT2D eigenvalue weighted by Crippen LogP contribution is 2.28. The van der Waals surface area contributed by atoms with E-state index in [-0.39, 0.29) is 11.8 Å². The van der Waals surface area contributed by atoms with Gasteiger partial charge in [-0.2, -0.15) is 0 Å². The number of nitrogens with one attached hydrogen (secondary N) is 1. The highest BCUT2D eigenvalue weighted by atomic mass is 32.2. The van der Waals surface area contributed by atoms with Crippen molar-refractivity contribution in [2.75, 3.05) is 24.1 Å². The van der Waals surface area contributed by atoms with Gasteiger partial charge in [0, 0.05) is 24.7 Å². The van der Waals surface area contributed by atoms with Gasteiger partial charge in [-0.1, -0.05) is 18.1 Å².